The van der Waals surface area contributed by atoms with E-state index in [1.54, 1.807) is 0 Å². The number of nitrogen functional groups attached to an aromatic ring is 1. The van der Waals surface area contributed by atoms with Crippen LogP contribution in [-0.4, -0.2) is 7.05 Å². The van der Waals surface area contributed by atoms with Gasteiger partial charge in [-0.25, -0.2) is 0 Å². The molecular weight excluding hydrogens is 160 g/mol. The summed E-state index contributed by atoms with van der Waals surface area (Å²) in [5, 5.41) is 3.04. The smallest absolute Gasteiger partial charge is 0.0574 e. The van der Waals surface area contributed by atoms with Gasteiger partial charge in [0.25, 0.3) is 0 Å². The predicted molar refractivity (Wildman–Crippen MR) is 61.2 cm³/mol. The van der Waals surface area contributed by atoms with Gasteiger partial charge in [-0.15, -0.1) is 0 Å². The van der Waals surface area contributed by atoms with Crippen LogP contribution in [0.1, 0.15) is 25.0 Å². The van der Waals surface area contributed by atoms with Crippen LogP contribution in [0.5, 0.6) is 0 Å². The lowest BCUT2D eigenvalue weighted by molar-refractivity contribution is 1.33. The molecule has 0 aliphatic rings. The van der Waals surface area contributed by atoms with Crippen LogP contribution < -0.4 is 11.1 Å². The van der Waals surface area contributed by atoms with Crippen LogP contribution in [0.25, 0.3) is 0 Å². The van der Waals surface area contributed by atoms with Gasteiger partial charge >= 0.3 is 0 Å². The molecule has 0 radical (unpaired) electrons. The maximum atomic E-state index is 5.74. The maximum Gasteiger partial charge on any atom is 0.0574 e. The SMILES string of the molecule is CC.CNc1cc(C)c(C)cc1N. The quantitative estimate of drug-likeness (QED) is 0.652. The van der Waals surface area contributed by atoms with E-state index in [4.69, 9.17) is 5.73 Å². The highest BCUT2D eigenvalue weighted by atomic mass is 14.8. The predicted octanol–water partition coefficient (Wildman–Crippen LogP) is 2.95. The van der Waals surface area contributed by atoms with Crippen LogP contribution in [0.2, 0.25) is 0 Å². The zero-order valence-electron chi connectivity index (χ0n) is 9.23. The van der Waals surface area contributed by atoms with E-state index in [-0.39, 0.29) is 0 Å². The fourth-order valence-corrected chi connectivity index (χ4v) is 1.06. The Morgan fingerprint density at radius 3 is 2.00 bits per heavy atom. The molecule has 3 N–H and O–H groups in total. The van der Waals surface area contributed by atoms with Crippen LogP contribution in [0.4, 0.5) is 11.4 Å². The molecule has 1 rings (SSSR count). The molecule has 2 heteroatoms. The molecule has 2 nitrogen and oxygen atoms in total. The molecule has 1 aromatic rings. The van der Waals surface area contributed by atoms with E-state index in [9.17, 15) is 0 Å². The molecule has 1 aromatic carbocycles. The van der Waals surface area contributed by atoms with Crippen LogP contribution in [0, 0.1) is 13.8 Å². The Balaban J connectivity index is 0.000000671. The minimum absolute atomic E-state index is 0.815. The number of benzene rings is 1. The Bertz CT molecular complexity index is 267. The van der Waals surface area contributed by atoms with Gasteiger partial charge in [0, 0.05) is 7.05 Å². The fraction of sp³-hybridized carbons (Fsp3) is 0.455. The number of rotatable bonds is 1. The van der Waals surface area contributed by atoms with E-state index in [0.717, 1.165) is 11.4 Å². The van der Waals surface area contributed by atoms with Crippen LogP contribution >= 0.6 is 0 Å². The first kappa shape index (κ1) is 11.8. The van der Waals surface area contributed by atoms with Crippen molar-refractivity contribution in [3.8, 4) is 0 Å². The summed E-state index contributed by atoms with van der Waals surface area (Å²) in [5.74, 6) is 0. The molecule has 0 unspecified atom stereocenters. The Hall–Kier alpha value is -1.18. The molecule has 13 heavy (non-hydrogen) atoms. The van der Waals surface area contributed by atoms with Crippen molar-refractivity contribution in [3.05, 3.63) is 23.3 Å². The zero-order chi connectivity index (χ0) is 10.4. The van der Waals surface area contributed by atoms with Crippen LogP contribution in [0.15, 0.2) is 12.1 Å². The van der Waals surface area contributed by atoms with E-state index in [2.05, 4.69) is 25.2 Å². The normalized spacial score (nSPS) is 8.69. The highest BCUT2D eigenvalue weighted by Gasteiger charge is 1.98. The number of hydrogen-bond acceptors (Lipinski definition) is 2. The van der Waals surface area contributed by atoms with Gasteiger partial charge in [-0.1, -0.05) is 13.8 Å². The first-order chi connectivity index (χ1) is 6.15. The van der Waals surface area contributed by atoms with Crippen molar-refractivity contribution in [1.82, 2.24) is 0 Å². The lowest BCUT2D eigenvalue weighted by Crippen LogP contribution is -1.97. The van der Waals surface area contributed by atoms with Gasteiger partial charge in [-0.3, -0.25) is 0 Å². The second-order valence-corrected chi connectivity index (χ2v) is 2.77. The average molecular weight is 180 g/mol. The maximum absolute atomic E-state index is 5.74. The Morgan fingerprint density at radius 2 is 1.54 bits per heavy atom. The molecule has 0 spiro atoms. The van der Waals surface area contributed by atoms with Crippen molar-refractivity contribution in [2.45, 2.75) is 27.7 Å². The van der Waals surface area contributed by atoms with Gasteiger partial charge in [-0.05, 0) is 37.1 Å². The van der Waals surface area contributed by atoms with Crippen LogP contribution in [0.3, 0.4) is 0 Å². The van der Waals surface area contributed by atoms with Gasteiger partial charge in [0.05, 0.1) is 11.4 Å². The van der Waals surface area contributed by atoms with E-state index in [1.165, 1.54) is 11.1 Å². The highest BCUT2D eigenvalue weighted by Crippen LogP contribution is 2.21. The van der Waals surface area contributed by atoms with E-state index in [0.29, 0.717) is 0 Å². The summed E-state index contributed by atoms with van der Waals surface area (Å²) in [5.41, 5.74) is 10.1. The second kappa shape index (κ2) is 5.46. The van der Waals surface area contributed by atoms with Crippen molar-refractivity contribution in [3.63, 3.8) is 0 Å². The Kier molecular flexibility index (Phi) is 4.97. The third-order valence-electron chi connectivity index (χ3n) is 1.94. The van der Waals surface area contributed by atoms with Gasteiger partial charge in [0.1, 0.15) is 0 Å². The Labute approximate surface area is 81.2 Å². The van der Waals surface area contributed by atoms with Crippen molar-refractivity contribution in [1.29, 1.82) is 0 Å². The fourth-order valence-electron chi connectivity index (χ4n) is 1.06. The van der Waals surface area contributed by atoms with Gasteiger partial charge < -0.3 is 11.1 Å². The molecular formula is C11H20N2. The summed E-state index contributed by atoms with van der Waals surface area (Å²) in [6, 6.07) is 4.05. The van der Waals surface area contributed by atoms with E-state index < -0.39 is 0 Å². The third-order valence-corrected chi connectivity index (χ3v) is 1.94. The molecule has 0 fully saturated rings. The Morgan fingerprint density at radius 1 is 1.08 bits per heavy atom. The van der Waals surface area contributed by atoms with Crippen molar-refractivity contribution >= 4 is 11.4 Å². The highest BCUT2D eigenvalue weighted by molar-refractivity contribution is 5.68. The summed E-state index contributed by atoms with van der Waals surface area (Å²) in [6.45, 7) is 8.14. The van der Waals surface area contributed by atoms with Crippen molar-refractivity contribution in [2.75, 3.05) is 18.1 Å². The number of nitrogens with two attached hydrogens (primary N) is 1. The zero-order valence-corrected chi connectivity index (χ0v) is 9.23. The van der Waals surface area contributed by atoms with Gasteiger partial charge in [-0.2, -0.15) is 0 Å². The lowest BCUT2D eigenvalue weighted by Gasteiger charge is -2.07. The average Bonchev–Trinajstić information content (AvgIpc) is 2.15. The van der Waals surface area contributed by atoms with Gasteiger partial charge in [0.15, 0.2) is 0 Å². The lowest BCUT2D eigenvalue weighted by atomic mass is 10.1. The molecule has 0 aromatic heterocycles. The molecule has 0 bridgehead atoms. The van der Waals surface area contributed by atoms with Crippen molar-refractivity contribution < 1.29 is 0 Å². The number of aryl methyl sites for hydroxylation is 2. The molecule has 0 aliphatic heterocycles. The number of anilines is 2. The summed E-state index contributed by atoms with van der Waals surface area (Å²) >= 11 is 0. The van der Waals surface area contributed by atoms with Crippen molar-refractivity contribution in [2.24, 2.45) is 0 Å². The standard InChI is InChI=1S/C9H14N2.C2H6/c1-6-4-8(10)9(11-3)5-7(6)2;1-2/h4-5,11H,10H2,1-3H3;1-2H3. The summed E-state index contributed by atoms with van der Waals surface area (Å²) < 4.78 is 0. The minimum atomic E-state index is 0.815. The topological polar surface area (TPSA) is 38.0 Å². The summed E-state index contributed by atoms with van der Waals surface area (Å²) in [6.07, 6.45) is 0. The molecule has 0 saturated heterocycles. The monoisotopic (exact) mass is 180 g/mol. The van der Waals surface area contributed by atoms with E-state index >= 15 is 0 Å². The summed E-state index contributed by atoms with van der Waals surface area (Å²) in [4.78, 5) is 0. The number of nitrogens with one attached hydrogen (secondary N) is 1. The first-order valence-corrected chi connectivity index (χ1v) is 4.69. The number of hydrogen-bond donors (Lipinski definition) is 2. The summed E-state index contributed by atoms with van der Waals surface area (Å²) in [7, 11) is 1.88. The molecule has 0 heterocycles. The molecule has 74 valence electrons. The van der Waals surface area contributed by atoms with Crippen LogP contribution in [-0.2, 0) is 0 Å². The molecule has 0 amide bonds. The minimum Gasteiger partial charge on any atom is -0.397 e. The second-order valence-electron chi connectivity index (χ2n) is 2.77. The molecule has 0 atom stereocenters. The largest absolute Gasteiger partial charge is 0.397 e. The third kappa shape index (κ3) is 2.98. The molecule has 0 aliphatic carbocycles. The first-order valence-electron chi connectivity index (χ1n) is 4.69. The molecule has 0 saturated carbocycles. The van der Waals surface area contributed by atoms with Gasteiger partial charge in [0.2, 0.25) is 0 Å². The van der Waals surface area contributed by atoms with E-state index in [1.807, 2.05) is 27.0 Å².